The molecule has 7 heteroatoms. The highest BCUT2D eigenvalue weighted by Gasteiger charge is 2.21. The largest absolute Gasteiger partial charge is 0.486 e. The van der Waals surface area contributed by atoms with Crippen LogP contribution in [0.3, 0.4) is 0 Å². The summed E-state index contributed by atoms with van der Waals surface area (Å²) in [6.45, 7) is 1.04. The Bertz CT molecular complexity index is 1080. The lowest BCUT2D eigenvalue weighted by Crippen LogP contribution is -2.16. The number of carbonyl (C=O) groups excluding carboxylic acids is 1. The standard InChI is InChI=1S/C21H21N3O3S/c22-18-14-10-12-4-2-1-3-5-15(12)24-21(14)28-19(18)20(25)23-13-6-7-16-17(11-13)27-9-8-26-16/h6-7,10-11H,1-5,8-9,22H2,(H,23,25). The molecule has 5 rings (SSSR count). The highest BCUT2D eigenvalue weighted by molar-refractivity contribution is 7.21. The van der Waals surface area contributed by atoms with Crippen LogP contribution >= 0.6 is 11.3 Å². The Hall–Kier alpha value is -2.80. The van der Waals surface area contributed by atoms with Crippen molar-refractivity contribution < 1.29 is 14.3 Å². The molecular formula is C21H21N3O3S. The van der Waals surface area contributed by atoms with E-state index in [1.54, 1.807) is 18.2 Å². The molecule has 28 heavy (non-hydrogen) atoms. The maximum atomic E-state index is 12.9. The van der Waals surface area contributed by atoms with Gasteiger partial charge in [-0.1, -0.05) is 6.42 Å². The number of benzene rings is 1. The second-order valence-corrected chi connectivity index (χ2v) is 8.16. The smallest absolute Gasteiger partial charge is 0.267 e. The van der Waals surface area contributed by atoms with Crippen molar-refractivity contribution in [3.05, 3.63) is 40.4 Å². The normalized spacial score (nSPS) is 15.7. The molecule has 3 N–H and O–H groups in total. The lowest BCUT2D eigenvalue weighted by molar-refractivity contribution is 0.103. The Kier molecular flexibility index (Phi) is 4.31. The summed E-state index contributed by atoms with van der Waals surface area (Å²) in [5, 5.41) is 3.80. The van der Waals surface area contributed by atoms with Crippen molar-refractivity contribution in [2.24, 2.45) is 0 Å². The number of nitrogens with two attached hydrogens (primary N) is 1. The number of rotatable bonds is 2. The first-order chi connectivity index (χ1) is 13.7. The van der Waals surface area contributed by atoms with Gasteiger partial charge in [-0.2, -0.15) is 0 Å². The zero-order chi connectivity index (χ0) is 19.1. The second-order valence-electron chi connectivity index (χ2n) is 7.16. The number of amides is 1. The van der Waals surface area contributed by atoms with Crippen LogP contribution in [0.1, 0.15) is 40.2 Å². The molecule has 0 saturated carbocycles. The molecule has 1 aliphatic carbocycles. The minimum atomic E-state index is -0.229. The van der Waals surface area contributed by atoms with Crippen molar-refractivity contribution in [1.29, 1.82) is 0 Å². The van der Waals surface area contributed by atoms with Gasteiger partial charge in [0, 0.05) is 22.8 Å². The van der Waals surface area contributed by atoms with E-state index in [1.807, 2.05) is 0 Å². The number of aryl methyl sites for hydroxylation is 2. The van der Waals surface area contributed by atoms with Crippen LogP contribution in [0.25, 0.3) is 10.2 Å². The van der Waals surface area contributed by atoms with E-state index in [9.17, 15) is 4.79 Å². The van der Waals surface area contributed by atoms with E-state index in [0.29, 0.717) is 41.0 Å². The number of thiophene rings is 1. The Labute approximate surface area is 166 Å². The van der Waals surface area contributed by atoms with Gasteiger partial charge in [0.15, 0.2) is 11.5 Å². The first-order valence-corrected chi connectivity index (χ1v) is 10.4. The summed E-state index contributed by atoms with van der Waals surface area (Å²) in [5.41, 5.74) is 9.93. The molecule has 0 saturated heterocycles. The fourth-order valence-corrected chi connectivity index (χ4v) is 4.81. The average molecular weight is 395 g/mol. The number of anilines is 2. The number of fused-ring (bicyclic) bond motifs is 3. The van der Waals surface area contributed by atoms with E-state index in [1.165, 1.54) is 36.2 Å². The molecule has 1 aromatic carbocycles. The average Bonchev–Trinajstić information content (AvgIpc) is 2.88. The van der Waals surface area contributed by atoms with Gasteiger partial charge in [-0.3, -0.25) is 4.79 Å². The quantitative estimate of drug-likeness (QED) is 0.636. The highest BCUT2D eigenvalue weighted by atomic mass is 32.1. The SMILES string of the molecule is Nc1c(C(=O)Nc2ccc3c(c2)OCCO3)sc2nc3c(cc12)CCCCC3. The molecule has 0 unspecified atom stereocenters. The van der Waals surface area contributed by atoms with Crippen LogP contribution in [-0.2, 0) is 12.8 Å². The van der Waals surface area contributed by atoms with Crippen molar-refractivity contribution in [2.75, 3.05) is 24.3 Å². The number of pyridine rings is 1. The second kappa shape index (κ2) is 6.98. The van der Waals surface area contributed by atoms with E-state index < -0.39 is 0 Å². The van der Waals surface area contributed by atoms with Crippen molar-refractivity contribution in [1.82, 2.24) is 4.98 Å². The van der Waals surface area contributed by atoms with E-state index >= 15 is 0 Å². The lowest BCUT2D eigenvalue weighted by Gasteiger charge is -2.18. The third kappa shape index (κ3) is 3.05. The maximum Gasteiger partial charge on any atom is 0.267 e. The fraction of sp³-hybridized carbons (Fsp3) is 0.333. The monoisotopic (exact) mass is 395 g/mol. The van der Waals surface area contributed by atoms with Crippen molar-refractivity contribution in [3.63, 3.8) is 0 Å². The molecule has 1 amide bonds. The third-order valence-electron chi connectivity index (χ3n) is 5.26. The first-order valence-electron chi connectivity index (χ1n) is 9.61. The topological polar surface area (TPSA) is 86.5 Å². The number of nitrogens with one attached hydrogen (secondary N) is 1. The van der Waals surface area contributed by atoms with Gasteiger partial charge in [0.05, 0.1) is 5.69 Å². The zero-order valence-corrected chi connectivity index (χ0v) is 16.2. The van der Waals surface area contributed by atoms with E-state index in [0.717, 1.165) is 28.8 Å². The van der Waals surface area contributed by atoms with Crippen LogP contribution in [-0.4, -0.2) is 24.1 Å². The molecule has 3 aromatic rings. The van der Waals surface area contributed by atoms with Gasteiger partial charge >= 0.3 is 0 Å². The third-order valence-corrected chi connectivity index (χ3v) is 6.37. The van der Waals surface area contributed by atoms with Gasteiger partial charge in [-0.05, 0) is 49.4 Å². The molecule has 144 valence electrons. The molecule has 3 heterocycles. The van der Waals surface area contributed by atoms with Crippen LogP contribution in [0.4, 0.5) is 11.4 Å². The number of ether oxygens (including phenoxy) is 2. The molecule has 0 bridgehead atoms. The van der Waals surface area contributed by atoms with E-state index in [-0.39, 0.29) is 5.91 Å². The number of nitrogen functional groups attached to an aromatic ring is 1. The Morgan fingerprint density at radius 1 is 1.07 bits per heavy atom. The van der Waals surface area contributed by atoms with Crippen LogP contribution in [0.5, 0.6) is 11.5 Å². The molecule has 2 aromatic heterocycles. The number of aromatic nitrogens is 1. The highest BCUT2D eigenvalue weighted by Crippen LogP contribution is 2.37. The predicted octanol–water partition coefficient (Wildman–Crippen LogP) is 4.17. The van der Waals surface area contributed by atoms with Crippen LogP contribution in [0, 0.1) is 0 Å². The van der Waals surface area contributed by atoms with Crippen molar-refractivity contribution in [2.45, 2.75) is 32.1 Å². The van der Waals surface area contributed by atoms with Gasteiger partial charge in [0.1, 0.15) is 22.9 Å². The van der Waals surface area contributed by atoms with Crippen LogP contribution in [0.2, 0.25) is 0 Å². The summed E-state index contributed by atoms with van der Waals surface area (Å²) in [4.78, 5) is 19.0. The minimum Gasteiger partial charge on any atom is -0.486 e. The van der Waals surface area contributed by atoms with Crippen LogP contribution < -0.4 is 20.5 Å². The van der Waals surface area contributed by atoms with Crippen LogP contribution in [0.15, 0.2) is 24.3 Å². The van der Waals surface area contributed by atoms with E-state index in [2.05, 4.69) is 11.4 Å². The molecule has 6 nitrogen and oxygen atoms in total. The summed E-state index contributed by atoms with van der Waals surface area (Å²) in [6, 6.07) is 7.51. The summed E-state index contributed by atoms with van der Waals surface area (Å²) in [6.07, 6.45) is 5.63. The van der Waals surface area contributed by atoms with E-state index in [4.69, 9.17) is 20.2 Å². The zero-order valence-electron chi connectivity index (χ0n) is 15.4. The molecule has 2 aliphatic rings. The summed E-state index contributed by atoms with van der Waals surface area (Å²) >= 11 is 1.36. The fourth-order valence-electron chi connectivity index (χ4n) is 3.81. The van der Waals surface area contributed by atoms with Crippen molar-refractivity contribution in [3.8, 4) is 11.5 Å². The number of hydrogen-bond acceptors (Lipinski definition) is 6. The molecule has 0 fully saturated rings. The summed E-state index contributed by atoms with van der Waals surface area (Å²) in [5.74, 6) is 1.10. The molecule has 1 aliphatic heterocycles. The Morgan fingerprint density at radius 3 is 2.79 bits per heavy atom. The van der Waals surface area contributed by atoms with Gasteiger partial charge < -0.3 is 20.5 Å². The summed E-state index contributed by atoms with van der Waals surface area (Å²) in [7, 11) is 0. The van der Waals surface area contributed by atoms with Gasteiger partial charge in [0.2, 0.25) is 0 Å². The molecule has 0 spiro atoms. The molecular weight excluding hydrogens is 374 g/mol. The molecule has 0 atom stereocenters. The number of nitrogens with zero attached hydrogens (tertiary/aromatic N) is 1. The maximum absolute atomic E-state index is 12.9. The lowest BCUT2D eigenvalue weighted by atomic mass is 10.1. The Morgan fingerprint density at radius 2 is 1.89 bits per heavy atom. The van der Waals surface area contributed by atoms with Crippen molar-refractivity contribution >= 4 is 38.8 Å². The Balaban J connectivity index is 1.45. The predicted molar refractivity (Wildman–Crippen MR) is 111 cm³/mol. The minimum absolute atomic E-state index is 0.229. The van der Waals surface area contributed by atoms with Gasteiger partial charge in [0.25, 0.3) is 5.91 Å². The first kappa shape index (κ1) is 17.3. The summed E-state index contributed by atoms with van der Waals surface area (Å²) < 4.78 is 11.1. The number of carbonyl (C=O) groups is 1. The van der Waals surface area contributed by atoms with Gasteiger partial charge in [-0.25, -0.2) is 4.98 Å². The molecule has 0 radical (unpaired) electrons. The van der Waals surface area contributed by atoms with Gasteiger partial charge in [-0.15, -0.1) is 11.3 Å². The number of hydrogen-bond donors (Lipinski definition) is 2.